The van der Waals surface area contributed by atoms with E-state index in [-0.39, 0.29) is 0 Å². The molecule has 1 saturated carbocycles. The molecule has 0 bridgehead atoms. The molecule has 1 aliphatic carbocycles. The van der Waals surface area contributed by atoms with Crippen molar-refractivity contribution in [2.45, 2.75) is 32.6 Å². The highest BCUT2D eigenvalue weighted by molar-refractivity contribution is 5.75. The standard InChI is InChI=1S/C15H29NO4/c1-13-4-6-15(7-5-13,14(17)18)12-16(8-10-19-2)9-11-20-3/h13H,4-12H2,1-3H3,(H,17,18). The van der Waals surface area contributed by atoms with E-state index in [1.807, 2.05) is 0 Å². The van der Waals surface area contributed by atoms with Crippen LogP contribution in [0.5, 0.6) is 0 Å². The molecule has 0 heterocycles. The van der Waals surface area contributed by atoms with Crippen molar-refractivity contribution < 1.29 is 19.4 Å². The van der Waals surface area contributed by atoms with Crippen LogP contribution in [0.1, 0.15) is 32.6 Å². The summed E-state index contributed by atoms with van der Waals surface area (Å²) in [6.07, 6.45) is 3.57. The number of hydrogen-bond donors (Lipinski definition) is 1. The number of carboxylic acids is 1. The predicted octanol–water partition coefficient (Wildman–Crippen LogP) is 1.86. The lowest BCUT2D eigenvalue weighted by Gasteiger charge is -2.39. The Hall–Kier alpha value is -0.650. The van der Waals surface area contributed by atoms with Crippen LogP contribution in [-0.2, 0) is 14.3 Å². The Morgan fingerprint density at radius 1 is 1.20 bits per heavy atom. The van der Waals surface area contributed by atoms with Crippen molar-refractivity contribution in [3.05, 3.63) is 0 Å². The number of nitrogens with zero attached hydrogens (tertiary/aromatic N) is 1. The molecule has 0 atom stereocenters. The van der Waals surface area contributed by atoms with Gasteiger partial charge in [-0.25, -0.2) is 0 Å². The molecule has 1 fully saturated rings. The summed E-state index contributed by atoms with van der Waals surface area (Å²) >= 11 is 0. The molecule has 0 amide bonds. The van der Waals surface area contributed by atoms with Gasteiger partial charge >= 0.3 is 5.97 Å². The number of carboxylic acid groups (broad SMARTS) is 1. The third kappa shape index (κ3) is 5.04. The van der Waals surface area contributed by atoms with Gasteiger partial charge in [0.25, 0.3) is 0 Å². The first-order valence-corrected chi connectivity index (χ1v) is 7.47. The molecule has 0 spiro atoms. The van der Waals surface area contributed by atoms with Crippen molar-refractivity contribution in [1.29, 1.82) is 0 Å². The fraction of sp³-hybridized carbons (Fsp3) is 0.933. The van der Waals surface area contributed by atoms with Gasteiger partial charge in [-0.2, -0.15) is 0 Å². The van der Waals surface area contributed by atoms with Crippen LogP contribution < -0.4 is 0 Å². The Morgan fingerprint density at radius 2 is 1.70 bits per heavy atom. The van der Waals surface area contributed by atoms with E-state index in [1.54, 1.807) is 14.2 Å². The molecule has 0 aliphatic heterocycles. The number of hydrogen-bond acceptors (Lipinski definition) is 4. The van der Waals surface area contributed by atoms with E-state index in [0.29, 0.717) is 25.7 Å². The van der Waals surface area contributed by atoms with Crippen molar-refractivity contribution >= 4 is 5.97 Å². The predicted molar refractivity (Wildman–Crippen MR) is 77.9 cm³/mol. The molecule has 5 nitrogen and oxygen atoms in total. The maximum absolute atomic E-state index is 11.8. The lowest BCUT2D eigenvalue weighted by atomic mass is 9.70. The summed E-state index contributed by atoms with van der Waals surface area (Å²) in [5.74, 6) is -0.00175. The highest BCUT2D eigenvalue weighted by atomic mass is 16.5. The first-order valence-electron chi connectivity index (χ1n) is 7.47. The van der Waals surface area contributed by atoms with Crippen LogP contribution >= 0.6 is 0 Å². The molecule has 5 heteroatoms. The van der Waals surface area contributed by atoms with Crippen molar-refractivity contribution in [2.75, 3.05) is 47.1 Å². The summed E-state index contributed by atoms with van der Waals surface area (Å²) in [5, 5.41) is 9.69. The topological polar surface area (TPSA) is 59.0 Å². The summed E-state index contributed by atoms with van der Waals surface area (Å²) in [7, 11) is 3.34. The van der Waals surface area contributed by atoms with Crippen molar-refractivity contribution in [3.8, 4) is 0 Å². The molecule has 0 saturated heterocycles. The molecule has 20 heavy (non-hydrogen) atoms. The SMILES string of the molecule is COCCN(CCOC)CC1(C(=O)O)CCC(C)CC1. The first kappa shape index (κ1) is 17.4. The Kier molecular flexibility index (Phi) is 7.48. The van der Waals surface area contributed by atoms with Gasteiger partial charge in [0.1, 0.15) is 0 Å². The molecule has 118 valence electrons. The number of carbonyl (C=O) groups is 1. The van der Waals surface area contributed by atoms with Gasteiger partial charge in [0.15, 0.2) is 0 Å². The van der Waals surface area contributed by atoms with Crippen LogP contribution in [0.25, 0.3) is 0 Å². The minimum absolute atomic E-state index is 0.589. The van der Waals surface area contributed by atoms with Crippen molar-refractivity contribution in [2.24, 2.45) is 11.3 Å². The van der Waals surface area contributed by atoms with Gasteiger partial charge in [-0.05, 0) is 31.6 Å². The van der Waals surface area contributed by atoms with E-state index in [2.05, 4.69) is 11.8 Å². The van der Waals surface area contributed by atoms with E-state index in [1.165, 1.54) is 0 Å². The maximum Gasteiger partial charge on any atom is 0.310 e. The van der Waals surface area contributed by atoms with Gasteiger partial charge < -0.3 is 14.6 Å². The molecule has 1 N–H and O–H groups in total. The smallest absolute Gasteiger partial charge is 0.310 e. The summed E-state index contributed by atoms with van der Waals surface area (Å²) < 4.78 is 10.2. The Balaban J connectivity index is 2.66. The van der Waals surface area contributed by atoms with Gasteiger partial charge in [-0.1, -0.05) is 6.92 Å². The number of rotatable bonds is 9. The minimum atomic E-state index is -0.649. The van der Waals surface area contributed by atoms with E-state index in [9.17, 15) is 9.90 Å². The summed E-state index contributed by atoms with van der Waals surface area (Å²) in [6.45, 7) is 5.56. The highest BCUT2D eigenvalue weighted by Crippen LogP contribution is 2.39. The number of methoxy groups -OCH3 is 2. The van der Waals surface area contributed by atoms with Crippen LogP contribution in [0, 0.1) is 11.3 Å². The summed E-state index contributed by atoms with van der Waals surface area (Å²) in [4.78, 5) is 13.9. The van der Waals surface area contributed by atoms with Crippen LogP contribution in [0.4, 0.5) is 0 Å². The van der Waals surface area contributed by atoms with E-state index >= 15 is 0 Å². The van der Waals surface area contributed by atoms with Gasteiger partial charge in [-0.3, -0.25) is 9.69 Å². The molecule has 1 aliphatic rings. The maximum atomic E-state index is 11.8. The Bertz CT molecular complexity index is 280. The summed E-state index contributed by atoms with van der Waals surface area (Å²) in [5.41, 5.74) is -0.589. The van der Waals surface area contributed by atoms with Gasteiger partial charge in [0.2, 0.25) is 0 Å². The molecule has 0 unspecified atom stereocenters. The zero-order valence-corrected chi connectivity index (χ0v) is 13.1. The van der Waals surface area contributed by atoms with Gasteiger partial charge in [-0.15, -0.1) is 0 Å². The molecule has 0 aromatic carbocycles. The third-order valence-corrected chi connectivity index (χ3v) is 4.43. The monoisotopic (exact) mass is 287 g/mol. The lowest BCUT2D eigenvalue weighted by molar-refractivity contribution is -0.153. The van der Waals surface area contributed by atoms with Crippen LogP contribution in [0.3, 0.4) is 0 Å². The largest absolute Gasteiger partial charge is 0.481 e. The average molecular weight is 287 g/mol. The third-order valence-electron chi connectivity index (χ3n) is 4.43. The van der Waals surface area contributed by atoms with Crippen molar-refractivity contribution in [1.82, 2.24) is 4.90 Å². The number of ether oxygens (including phenoxy) is 2. The normalized spacial score (nSPS) is 26.9. The second-order valence-corrected chi connectivity index (χ2v) is 6.03. The fourth-order valence-electron chi connectivity index (χ4n) is 2.89. The zero-order valence-electron chi connectivity index (χ0n) is 13.1. The fourth-order valence-corrected chi connectivity index (χ4v) is 2.89. The van der Waals surface area contributed by atoms with Gasteiger partial charge in [0, 0.05) is 33.9 Å². The molecular weight excluding hydrogens is 258 g/mol. The van der Waals surface area contributed by atoms with Crippen LogP contribution in [-0.4, -0.2) is 63.0 Å². The Labute approximate surface area is 122 Å². The van der Waals surface area contributed by atoms with Gasteiger partial charge in [0.05, 0.1) is 18.6 Å². The van der Waals surface area contributed by atoms with Crippen LogP contribution in [0.15, 0.2) is 0 Å². The number of aliphatic carboxylic acids is 1. The minimum Gasteiger partial charge on any atom is -0.481 e. The highest BCUT2D eigenvalue weighted by Gasteiger charge is 2.42. The van der Waals surface area contributed by atoms with Crippen molar-refractivity contribution in [3.63, 3.8) is 0 Å². The van der Waals surface area contributed by atoms with E-state index < -0.39 is 11.4 Å². The second kappa shape index (κ2) is 8.60. The van der Waals surface area contributed by atoms with Crippen LogP contribution in [0.2, 0.25) is 0 Å². The lowest BCUT2D eigenvalue weighted by Crippen LogP contribution is -2.47. The second-order valence-electron chi connectivity index (χ2n) is 6.03. The van der Waals surface area contributed by atoms with E-state index in [4.69, 9.17) is 9.47 Å². The van der Waals surface area contributed by atoms with E-state index in [0.717, 1.165) is 38.8 Å². The molecule has 1 rings (SSSR count). The molecular formula is C15H29NO4. The molecule has 0 aromatic heterocycles. The zero-order chi connectivity index (χ0) is 15.0. The molecule has 0 radical (unpaired) electrons. The molecule has 0 aromatic rings. The average Bonchev–Trinajstić information content (AvgIpc) is 2.44. The quantitative estimate of drug-likeness (QED) is 0.701. The Morgan fingerprint density at radius 3 is 2.10 bits per heavy atom. The summed E-state index contributed by atoms with van der Waals surface area (Å²) in [6, 6.07) is 0. The first-order chi connectivity index (χ1) is 9.54.